The average Bonchev–Trinajstić information content (AvgIpc) is 2.86. The van der Waals surface area contributed by atoms with Gasteiger partial charge < -0.3 is 14.6 Å². The van der Waals surface area contributed by atoms with Gasteiger partial charge in [-0.3, -0.25) is 4.79 Å². The highest BCUT2D eigenvalue weighted by molar-refractivity contribution is 5.84. The Morgan fingerprint density at radius 3 is 2.43 bits per heavy atom. The maximum absolute atomic E-state index is 12.6. The summed E-state index contributed by atoms with van der Waals surface area (Å²) in [5, 5.41) is 11.4. The number of hydrogen-bond acceptors (Lipinski definition) is 4. The van der Waals surface area contributed by atoms with Gasteiger partial charge in [0.1, 0.15) is 5.78 Å². The van der Waals surface area contributed by atoms with Crippen LogP contribution in [-0.4, -0.2) is 35.0 Å². The number of carbonyl (C=O) groups excluding carboxylic acids is 1. The number of carbonyl (C=O) groups is 1. The molecule has 4 nitrogen and oxygen atoms in total. The van der Waals surface area contributed by atoms with Crippen molar-refractivity contribution in [3.05, 3.63) is 0 Å². The van der Waals surface area contributed by atoms with Gasteiger partial charge in [0.25, 0.3) is 0 Å². The first-order valence-corrected chi connectivity index (χ1v) is 9.13. The summed E-state index contributed by atoms with van der Waals surface area (Å²) in [7, 11) is 0. The van der Waals surface area contributed by atoms with Gasteiger partial charge in [0.05, 0.1) is 23.7 Å². The molecular formula is C19H32O4. The van der Waals surface area contributed by atoms with Crippen molar-refractivity contribution < 1.29 is 19.4 Å². The molecule has 3 fully saturated rings. The largest absolute Gasteiger partial charge is 0.388 e. The molecule has 132 valence electrons. The van der Waals surface area contributed by atoms with E-state index in [2.05, 4.69) is 13.8 Å². The molecule has 3 rings (SSSR count). The number of rotatable bonds is 2. The molecule has 0 bridgehead atoms. The van der Waals surface area contributed by atoms with Gasteiger partial charge in [-0.25, -0.2) is 0 Å². The van der Waals surface area contributed by atoms with E-state index in [1.165, 1.54) is 0 Å². The molecule has 1 N–H and O–H groups in total. The third-order valence-corrected chi connectivity index (χ3v) is 7.35. The highest BCUT2D eigenvalue weighted by Gasteiger charge is 2.72. The molecular weight excluding hydrogens is 292 g/mol. The smallest absolute Gasteiger partial charge is 0.171 e. The molecule has 4 heteroatoms. The van der Waals surface area contributed by atoms with Crippen molar-refractivity contribution in [3.63, 3.8) is 0 Å². The lowest BCUT2D eigenvalue weighted by atomic mass is 9.60. The predicted molar refractivity (Wildman–Crippen MR) is 87.8 cm³/mol. The highest BCUT2D eigenvalue weighted by atomic mass is 16.7. The average molecular weight is 324 g/mol. The van der Waals surface area contributed by atoms with E-state index in [4.69, 9.17) is 9.47 Å². The summed E-state index contributed by atoms with van der Waals surface area (Å²) >= 11 is 0. The first-order valence-electron chi connectivity index (χ1n) is 9.13. The predicted octanol–water partition coefficient (Wildman–Crippen LogP) is 3.17. The van der Waals surface area contributed by atoms with E-state index in [1.54, 1.807) is 6.92 Å². The van der Waals surface area contributed by atoms with E-state index < -0.39 is 16.8 Å². The molecule has 1 saturated carbocycles. The molecule has 1 spiro atoms. The zero-order valence-electron chi connectivity index (χ0n) is 15.4. The Bertz CT molecular complexity index is 494. The molecule has 0 aromatic rings. The number of ketones is 1. The minimum absolute atomic E-state index is 0.0146. The fraction of sp³-hybridized carbons (Fsp3) is 0.947. The van der Waals surface area contributed by atoms with Crippen LogP contribution < -0.4 is 0 Å². The van der Waals surface area contributed by atoms with Gasteiger partial charge in [0.15, 0.2) is 5.79 Å². The van der Waals surface area contributed by atoms with Gasteiger partial charge in [0.2, 0.25) is 0 Å². The molecule has 3 aliphatic rings. The first kappa shape index (κ1) is 17.4. The number of ether oxygens (including phenoxy) is 2. The number of aliphatic hydroxyl groups is 1. The Balaban J connectivity index is 1.97. The topological polar surface area (TPSA) is 55.8 Å². The Labute approximate surface area is 139 Å². The van der Waals surface area contributed by atoms with E-state index >= 15 is 0 Å². The van der Waals surface area contributed by atoms with Crippen molar-refractivity contribution in [3.8, 4) is 0 Å². The molecule has 2 aliphatic heterocycles. The molecule has 0 amide bonds. The van der Waals surface area contributed by atoms with Crippen molar-refractivity contribution in [1.82, 2.24) is 0 Å². The standard InChI is InChI=1S/C19H32O4/c1-11(2)18(21)9-15-16(17(18,6)14(5)20)13(4)19(23-15)8-7-12(3)10-22-19/h11-13,15-16,21H,7-10H2,1-6H3/t12?,13-,15-,16-,17+,18-,19+/m0/s1. The molecule has 23 heavy (non-hydrogen) atoms. The van der Waals surface area contributed by atoms with Gasteiger partial charge >= 0.3 is 0 Å². The summed E-state index contributed by atoms with van der Waals surface area (Å²) in [5.41, 5.74) is -1.78. The van der Waals surface area contributed by atoms with Crippen LogP contribution in [0.5, 0.6) is 0 Å². The molecule has 1 unspecified atom stereocenters. The van der Waals surface area contributed by atoms with Crippen molar-refractivity contribution in [2.75, 3.05) is 6.61 Å². The molecule has 0 radical (unpaired) electrons. The van der Waals surface area contributed by atoms with Gasteiger partial charge in [0, 0.05) is 24.7 Å². The van der Waals surface area contributed by atoms with Gasteiger partial charge in [-0.2, -0.15) is 0 Å². The Kier molecular flexibility index (Phi) is 3.98. The third kappa shape index (κ3) is 2.11. The summed E-state index contributed by atoms with van der Waals surface area (Å²) in [6.07, 6.45) is 2.40. The van der Waals surface area contributed by atoms with Crippen LogP contribution in [0, 0.1) is 29.1 Å². The maximum atomic E-state index is 12.6. The maximum Gasteiger partial charge on any atom is 0.171 e. The van der Waals surface area contributed by atoms with E-state index in [0.717, 1.165) is 19.4 Å². The second-order valence-electron chi connectivity index (χ2n) is 8.78. The van der Waals surface area contributed by atoms with Crippen molar-refractivity contribution >= 4 is 5.78 Å². The lowest BCUT2D eigenvalue weighted by molar-refractivity contribution is -0.275. The van der Waals surface area contributed by atoms with Crippen LogP contribution in [-0.2, 0) is 14.3 Å². The second-order valence-corrected chi connectivity index (χ2v) is 8.78. The molecule has 0 aromatic heterocycles. The van der Waals surface area contributed by atoms with Crippen LogP contribution >= 0.6 is 0 Å². The first-order chi connectivity index (χ1) is 10.6. The Morgan fingerprint density at radius 1 is 1.30 bits per heavy atom. The van der Waals surface area contributed by atoms with Crippen molar-refractivity contribution in [2.24, 2.45) is 29.1 Å². The van der Waals surface area contributed by atoms with Crippen molar-refractivity contribution in [2.45, 2.75) is 78.3 Å². The lowest BCUT2D eigenvalue weighted by Gasteiger charge is -2.47. The van der Waals surface area contributed by atoms with Gasteiger partial charge in [-0.1, -0.05) is 27.7 Å². The lowest BCUT2D eigenvalue weighted by Crippen LogP contribution is -2.56. The second kappa shape index (κ2) is 5.27. The number of Topliss-reactive ketones (excluding diaryl/α,β-unsaturated/α-hetero) is 1. The SMILES string of the molecule is CC(=O)[C@]1(C)[C@@H]2[C@H](C[C@]1(O)C(C)C)O[C@]1(CCC(C)CO1)[C@H]2C. The van der Waals surface area contributed by atoms with Crippen LogP contribution in [0.1, 0.15) is 60.8 Å². The zero-order chi connectivity index (χ0) is 17.2. The zero-order valence-corrected chi connectivity index (χ0v) is 15.4. The molecule has 7 atom stereocenters. The van der Waals surface area contributed by atoms with E-state index in [1.807, 2.05) is 20.8 Å². The van der Waals surface area contributed by atoms with Crippen LogP contribution in [0.15, 0.2) is 0 Å². The van der Waals surface area contributed by atoms with Gasteiger partial charge in [-0.05, 0) is 32.1 Å². The van der Waals surface area contributed by atoms with E-state index in [9.17, 15) is 9.90 Å². The summed E-state index contributed by atoms with van der Waals surface area (Å²) in [5.74, 6) is 0.210. The summed E-state index contributed by atoms with van der Waals surface area (Å²) in [6, 6.07) is 0. The third-order valence-electron chi connectivity index (χ3n) is 7.35. The quantitative estimate of drug-likeness (QED) is 0.848. The van der Waals surface area contributed by atoms with Crippen LogP contribution in [0.3, 0.4) is 0 Å². The summed E-state index contributed by atoms with van der Waals surface area (Å²) < 4.78 is 12.6. The Morgan fingerprint density at radius 2 is 1.96 bits per heavy atom. The van der Waals surface area contributed by atoms with Crippen LogP contribution in [0.4, 0.5) is 0 Å². The van der Waals surface area contributed by atoms with Gasteiger partial charge in [-0.15, -0.1) is 0 Å². The fourth-order valence-corrected chi connectivity index (χ4v) is 5.59. The molecule has 0 aromatic carbocycles. The Hall–Kier alpha value is -0.450. The number of fused-ring (bicyclic) bond motifs is 1. The fourth-order valence-electron chi connectivity index (χ4n) is 5.59. The van der Waals surface area contributed by atoms with Crippen LogP contribution in [0.25, 0.3) is 0 Å². The van der Waals surface area contributed by atoms with E-state index in [0.29, 0.717) is 12.3 Å². The molecule has 2 saturated heterocycles. The number of hydrogen-bond donors (Lipinski definition) is 1. The molecule has 1 aliphatic carbocycles. The van der Waals surface area contributed by atoms with Crippen LogP contribution in [0.2, 0.25) is 0 Å². The highest BCUT2D eigenvalue weighted by Crippen LogP contribution is 2.64. The summed E-state index contributed by atoms with van der Waals surface area (Å²) in [4.78, 5) is 12.6. The minimum atomic E-state index is -1.01. The van der Waals surface area contributed by atoms with Crippen molar-refractivity contribution in [1.29, 1.82) is 0 Å². The monoisotopic (exact) mass is 324 g/mol. The molecule has 2 heterocycles. The van der Waals surface area contributed by atoms with E-state index in [-0.39, 0.29) is 29.6 Å². The minimum Gasteiger partial charge on any atom is -0.388 e. The summed E-state index contributed by atoms with van der Waals surface area (Å²) in [6.45, 7) is 12.6. The normalized spacial score (nSPS) is 53.0.